The lowest BCUT2D eigenvalue weighted by Crippen LogP contribution is -2.30. The number of esters is 1. The summed E-state index contributed by atoms with van der Waals surface area (Å²) in [6, 6.07) is 23.5. The molecule has 1 amide bonds. The zero-order chi connectivity index (χ0) is 24.1. The highest BCUT2D eigenvalue weighted by Crippen LogP contribution is 2.28. The van der Waals surface area contributed by atoms with E-state index in [2.05, 4.69) is 15.4 Å². The molecule has 0 fully saturated rings. The van der Waals surface area contributed by atoms with Crippen molar-refractivity contribution >= 4 is 29.2 Å². The van der Waals surface area contributed by atoms with Crippen LogP contribution in [0.2, 0.25) is 5.02 Å². The maximum absolute atomic E-state index is 12.8. The Balaban J connectivity index is 1.56. The number of anilines is 1. The minimum absolute atomic E-state index is 0.164. The molecule has 1 heterocycles. The Labute approximate surface area is 201 Å². The van der Waals surface area contributed by atoms with Crippen LogP contribution in [0, 0.1) is 0 Å². The molecule has 1 N–H and O–H groups in total. The van der Waals surface area contributed by atoms with E-state index < -0.39 is 18.0 Å². The average molecular weight is 477 g/mol. The summed E-state index contributed by atoms with van der Waals surface area (Å²) < 4.78 is 12.1. The van der Waals surface area contributed by atoms with Crippen LogP contribution in [0.3, 0.4) is 0 Å². The first-order chi connectivity index (χ1) is 16.5. The Bertz CT molecular complexity index is 1250. The van der Waals surface area contributed by atoms with Gasteiger partial charge in [-0.25, -0.2) is 14.5 Å². The number of carbonyl (C=O) groups is 2. The third-order valence-electron chi connectivity index (χ3n) is 4.89. The molecule has 172 valence electrons. The number of benzene rings is 3. The van der Waals surface area contributed by atoms with Crippen molar-refractivity contribution in [3.63, 3.8) is 0 Å². The van der Waals surface area contributed by atoms with Gasteiger partial charge in [0.05, 0.1) is 18.5 Å². The van der Waals surface area contributed by atoms with Crippen LogP contribution in [0.1, 0.15) is 17.5 Å². The van der Waals surface area contributed by atoms with E-state index in [1.807, 2.05) is 60.7 Å². The number of para-hydroxylation sites is 1. The predicted molar refractivity (Wildman–Crippen MR) is 128 cm³/mol. The van der Waals surface area contributed by atoms with Crippen LogP contribution in [-0.4, -0.2) is 39.9 Å². The molecule has 0 radical (unpaired) electrons. The van der Waals surface area contributed by atoms with E-state index >= 15 is 0 Å². The molecule has 0 saturated carbocycles. The van der Waals surface area contributed by atoms with Crippen molar-refractivity contribution < 1.29 is 19.1 Å². The van der Waals surface area contributed by atoms with E-state index in [0.29, 0.717) is 22.3 Å². The lowest BCUT2D eigenvalue weighted by atomic mass is 10.2. The third kappa shape index (κ3) is 5.07. The van der Waals surface area contributed by atoms with Crippen LogP contribution >= 0.6 is 11.6 Å². The van der Waals surface area contributed by atoms with Crippen molar-refractivity contribution in [1.29, 1.82) is 0 Å². The number of hydrogen-bond donors (Lipinski definition) is 1. The lowest BCUT2D eigenvalue weighted by molar-refractivity contribution is -0.123. The van der Waals surface area contributed by atoms with Crippen LogP contribution in [0.4, 0.5) is 5.69 Å². The van der Waals surface area contributed by atoms with Crippen molar-refractivity contribution in [3.05, 3.63) is 89.7 Å². The van der Waals surface area contributed by atoms with Crippen LogP contribution in [-0.2, 0) is 9.53 Å². The summed E-state index contributed by atoms with van der Waals surface area (Å²) in [5, 5.41) is 7.43. The molecule has 1 atom stereocenters. The predicted octanol–water partition coefficient (Wildman–Crippen LogP) is 4.78. The summed E-state index contributed by atoms with van der Waals surface area (Å²) in [7, 11) is 1.47. The topological polar surface area (TPSA) is 95.3 Å². The number of halogens is 1. The molecule has 4 rings (SSSR count). The molecular weight excluding hydrogens is 456 g/mol. The van der Waals surface area contributed by atoms with Gasteiger partial charge in [-0.05, 0) is 37.3 Å². The highest BCUT2D eigenvalue weighted by molar-refractivity contribution is 6.31. The summed E-state index contributed by atoms with van der Waals surface area (Å²) in [6.45, 7) is 1.45. The van der Waals surface area contributed by atoms with Gasteiger partial charge in [0.2, 0.25) is 0 Å². The SMILES string of the molecule is COc1ccc(Cl)cc1NC(=O)[C@@H](C)OC(=O)c1nc(-c2ccccc2)n(-c2ccccc2)n1. The number of nitrogens with zero attached hydrogens (tertiary/aromatic N) is 3. The van der Waals surface area contributed by atoms with E-state index in [9.17, 15) is 9.59 Å². The fourth-order valence-corrected chi connectivity index (χ4v) is 3.37. The van der Waals surface area contributed by atoms with Gasteiger partial charge in [-0.3, -0.25) is 4.79 Å². The second-order valence-corrected chi connectivity index (χ2v) is 7.69. The van der Waals surface area contributed by atoms with Crippen molar-refractivity contribution in [3.8, 4) is 22.8 Å². The average Bonchev–Trinajstić information content (AvgIpc) is 3.31. The van der Waals surface area contributed by atoms with Gasteiger partial charge in [0.1, 0.15) is 5.75 Å². The standard InChI is InChI=1S/C25H21ClN4O4/c1-16(24(31)27-20-15-18(26)13-14-21(20)33-2)34-25(32)22-28-23(17-9-5-3-6-10-17)30(29-22)19-11-7-4-8-12-19/h3-16H,1-2H3,(H,27,31)/t16-/m1/s1. The van der Waals surface area contributed by atoms with Crippen molar-refractivity contribution in [1.82, 2.24) is 14.8 Å². The van der Waals surface area contributed by atoms with E-state index in [4.69, 9.17) is 21.1 Å². The second-order valence-electron chi connectivity index (χ2n) is 7.25. The zero-order valence-corrected chi connectivity index (χ0v) is 19.2. The lowest BCUT2D eigenvalue weighted by Gasteiger charge is -2.14. The van der Waals surface area contributed by atoms with Crippen LogP contribution in [0.15, 0.2) is 78.9 Å². The molecule has 4 aromatic rings. The minimum Gasteiger partial charge on any atom is -0.495 e. The molecule has 0 aliphatic carbocycles. The van der Waals surface area contributed by atoms with Crippen LogP contribution < -0.4 is 10.1 Å². The smallest absolute Gasteiger partial charge is 0.379 e. The Morgan fingerprint density at radius 3 is 2.35 bits per heavy atom. The number of amides is 1. The normalized spacial score (nSPS) is 11.5. The van der Waals surface area contributed by atoms with E-state index in [1.54, 1.807) is 22.9 Å². The Hall–Kier alpha value is -4.17. The van der Waals surface area contributed by atoms with Gasteiger partial charge in [0.15, 0.2) is 11.9 Å². The molecule has 0 unspecified atom stereocenters. The van der Waals surface area contributed by atoms with E-state index in [1.165, 1.54) is 14.0 Å². The second kappa shape index (κ2) is 10.2. The van der Waals surface area contributed by atoms with Gasteiger partial charge in [-0.1, -0.05) is 60.1 Å². The fourth-order valence-electron chi connectivity index (χ4n) is 3.20. The molecule has 0 aliphatic rings. The molecule has 8 nitrogen and oxygen atoms in total. The summed E-state index contributed by atoms with van der Waals surface area (Å²) in [5.74, 6) is -0.651. The van der Waals surface area contributed by atoms with Crippen molar-refractivity contribution in [2.45, 2.75) is 13.0 Å². The van der Waals surface area contributed by atoms with Gasteiger partial charge >= 0.3 is 5.97 Å². The number of hydrogen-bond acceptors (Lipinski definition) is 6. The molecule has 0 aliphatic heterocycles. The maximum atomic E-state index is 12.8. The van der Waals surface area contributed by atoms with Crippen molar-refractivity contribution in [2.75, 3.05) is 12.4 Å². The summed E-state index contributed by atoms with van der Waals surface area (Å²) in [5.41, 5.74) is 1.87. The fraction of sp³-hybridized carbons (Fsp3) is 0.120. The summed E-state index contributed by atoms with van der Waals surface area (Å²) in [6.07, 6.45) is -1.12. The van der Waals surface area contributed by atoms with Gasteiger partial charge in [0.25, 0.3) is 11.7 Å². The Morgan fingerprint density at radius 1 is 1.00 bits per heavy atom. The first-order valence-electron chi connectivity index (χ1n) is 10.4. The molecule has 3 aromatic carbocycles. The molecule has 9 heteroatoms. The highest BCUT2D eigenvalue weighted by atomic mass is 35.5. The van der Waals surface area contributed by atoms with E-state index in [-0.39, 0.29) is 5.82 Å². The number of ether oxygens (including phenoxy) is 2. The number of carbonyl (C=O) groups excluding carboxylic acids is 2. The van der Waals surface area contributed by atoms with E-state index in [0.717, 1.165) is 11.3 Å². The number of nitrogens with one attached hydrogen (secondary N) is 1. The zero-order valence-electron chi connectivity index (χ0n) is 18.4. The van der Waals surface area contributed by atoms with Crippen LogP contribution in [0.5, 0.6) is 5.75 Å². The third-order valence-corrected chi connectivity index (χ3v) is 5.13. The maximum Gasteiger partial charge on any atom is 0.379 e. The first kappa shape index (κ1) is 23.0. The molecular formula is C25H21ClN4O4. The number of aromatic nitrogens is 3. The largest absolute Gasteiger partial charge is 0.495 e. The van der Waals surface area contributed by atoms with Gasteiger partial charge in [-0.2, -0.15) is 0 Å². The monoisotopic (exact) mass is 476 g/mol. The van der Waals surface area contributed by atoms with Gasteiger partial charge in [0, 0.05) is 10.6 Å². The molecule has 0 saturated heterocycles. The number of rotatable bonds is 7. The molecule has 1 aromatic heterocycles. The Kier molecular flexibility index (Phi) is 6.89. The quantitative estimate of drug-likeness (QED) is 0.386. The first-order valence-corrected chi connectivity index (χ1v) is 10.8. The minimum atomic E-state index is -1.12. The van der Waals surface area contributed by atoms with Gasteiger partial charge < -0.3 is 14.8 Å². The number of methoxy groups -OCH3 is 1. The summed E-state index contributed by atoms with van der Waals surface area (Å²) in [4.78, 5) is 29.9. The Morgan fingerprint density at radius 2 is 1.68 bits per heavy atom. The molecule has 0 bridgehead atoms. The summed E-state index contributed by atoms with van der Waals surface area (Å²) >= 11 is 6.01. The van der Waals surface area contributed by atoms with Crippen molar-refractivity contribution in [2.24, 2.45) is 0 Å². The highest BCUT2D eigenvalue weighted by Gasteiger charge is 2.25. The van der Waals surface area contributed by atoms with Crippen LogP contribution in [0.25, 0.3) is 17.1 Å². The molecule has 34 heavy (non-hydrogen) atoms. The molecule has 0 spiro atoms. The van der Waals surface area contributed by atoms with Gasteiger partial charge in [-0.15, -0.1) is 5.10 Å².